The Labute approximate surface area is 181 Å². The number of sulfonamides is 1. The smallest absolute Gasteiger partial charge is 0.286 e. The molecule has 1 N–H and O–H groups in total. The van der Waals surface area contributed by atoms with Gasteiger partial charge < -0.3 is 5.32 Å². The summed E-state index contributed by atoms with van der Waals surface area (Å²) in [6.45, 7) is 2.22. The van der Waals surface area contributed by atoms with Crippen LogP contribution in [0, 0.1) is 18.6 Å². The average molecular weight is 465 g/mol. The van der Waals surface area contributed by atoms with Gasteiger partial charge in [0.25, 0.3) is 5.91 Å². The molecule has 2 heterocycles. The van der Waals surface area contributed by atoms with Crippen LogP contribution in [0.3, 0.4) is 0 Å². The molecule has 0 aliphatic carbocycles. The van der Waals surface area contributed by atoms with Crippen molar-refractivity contribution in [2.24, 2.45) is 0 Å². The summed E-state index contributed by atoms with van der Waals surface area (Å²) in [4.78, 5) is 12.6. The van der Waals surface area contributed by atoms with Crippen molar-refractivity contribution in [3.8, 4) is 0 Å². The van der Waals surface area contributed by atoms with Crippen LogP contribution >= 0.6 is 11.3 Å². The first-order chi connectivity index (χ1) is 14.8. The monoisotopic (exact) mass is 464 g/mol. The first kappa shape index (κ1) is 21.5. The predicted octanol–water partition coefficient (Wildman–Crippen LogP) is 3.90. The summed E-state index contributed by atoms with van der Waals surface area (Å²) < 4.78 is 54.0. The third kappa shape index (κ3) is 4.34. The van der Waals surface area contributed by atoms with E-state index in [0.717, 1.165) is 29.0 Å². The molecule has 1 atom stereocenters. The van der Waals surface area contributed by atoms with E-state index in [4.69, 9.17) is 0 Å². The maximum atomic E-state index is 13.3. The van der Waals surface area contributed by atoms with Gasteiger partial charge in [-0.25, -0.2) is 17.2 Å². The average Bonchev–Trinajstić information content (AvgIpc) is 3.40. The summed E-state index contributed by atoms with van der Waals surface area (Å²) in [5, 5.41) is 10.7. The van der Waals surface area contributed by atoms with Crippen molar-refractivity contribution >= 4 is 33.0 Å². The minimum Gasteiger partial charge on any atom is -0.320 e. The molecule has 1 aliphatic rings. The highest BCUT2D eigenvalue weighted by atomic mass is 32.2. The van der Waals surface area contributed by atoms with Crippen molar-refractivity contribution < 1.29 is 22.0 Å². The van der Waals surface area contributed by atoms with Crippen molar-refractivity contribution in [1.82, 2.24) is 14.5 Å². The van der Waals surface area contributed by atoms with E-state index in [1.807, 2.05) is 6.92 Å². The maximum Gasteiger partial charge on any atom is 0.286 e. The van der Waals surface area contributed by atoms with E-state index in [1.165, 1.54) is 10.4 Å². The number of amides is 1. The minimum atomic E-state index is -3.73. The van der Waals surface area contributed by atoms with Gasteiger partial charge in [-0.3, -0.25) is 4.79 Å². The lowest BCUT2D eigenvalue weighted by molar-refractivity contribution is 0.102. The number of anilines is 1. The normalized spacial score (nSPS) is 17.1. The zero-order chi connectivity index (χ0) is 22.2. The Morgan fingerprint density at radius 1 is 1.13 bits per heavy atom. The molecule has 3 aromatic rings. The standard InChI is InChI=1S/C20H18F2N4O3S2/c1-12-4-7-14(8-5-12)31(28,29)26-10-2-3-17(26)19-24-25-20(30-19)18(27)23-13-6-9-15(21)16(22)11-13/h4-9,11,17H,2-3,10H2,1H3,(H,23,27). The Morgan fingerprint density at radius 3 is 2.58 bits per heavy atom. The van der Waals surface area contributed by atoms with Crippen molar-refractivity contribution in [2.45, 2.75) is 30.7 Å². The zero-order valence-electron chi connectivity index (χ0n) is 16.4. The van der Waals surface area contributed by atoms with Gasteiger partial charge in [0.2, 0.25) is 15.0 Å². The molecule has 2 aromatic carbocycles. The maximum absolute atomic E-state index is 13.3. The predicted molar refractivity (Wildman–Crippen MR) is 111 cm³/mol. The Morgan fingerprint density at radius 2 is 1.87 bits per heavy atom. The second kappa shape index (κ2) is 8.40. The molecule has 0 radical (unpaired) electrons. The number of aryl methyl sites for hydroxylation is 1. The van der Waals surface area contributed by atoms with Crippen LogP contribution in [0.2, 0.25) is 0 Å². The van der Waals surface area contributed by atoms with Crippen LogP contribution in [0.15, 0.2) is 47.4 Å². The molecule has 1 aromatic heterocycles. The number of carbonyl (C=O) groups excluding carboxylic acids is 1. The number of hydrogen-bond acceptors (Lipinski definition) is 6. The largest absolute Gasteiger partial charge is 0.320 e. The molecular formula is C20H18F2N4O3S2. The molecule has 0 saturated carbocycles. The summed E-state index contributed by atoms with van der Waals surface area (Å²) in [7, 11) is -3.73. The van der Waals surface area contributed by atoms with Crippen molar-refractivity contribution in [1.29, 1.82) is 0 Å². The van der Waals surface area contributed by atoms with Crippen LogP contribution in [0.5, 0.6) is 0 Å². The number of carbonyl (C=O) groups is 1. The summed E-state index contributed by atoms with van der Waals surface area (Å²) in [6, 6.07) is 9.10. The Balaban J connectivity index is 1.54. The third-order valence-electron chi connectivity index (χ3n) is 4.93. The summed E-state index contributed by atoms with van der Waals surface area (Å²) >= 11 is 0.974. The van der Waals surface area contributed by atoms with Crippen LogP contribution < -0.4 is 5.32 Å². The fourth-order valence-electron chi connectivity index (χ4n) is 3.34. The summed E-state index contributed by atoms with van der Waals surface area (Å²) in [5.41, 5.74) is 1.03. The lowest BCUT2D eigenvalue weighted by Crippen LogP contribution is -2.30. The van der Waals surface area contributed by atoms with E-state index >= 15 is 0 Å². The molecule has 1 amide bonds. The molecule has 0 spiro atoms. The van der Waals surface area contributed by atoms with E-state index in [0.29, 0.717) is 24.4 Å². The van der Waals surface area contributed by atoms with Crippen LogP contribution in [0.25, 0.3) is 0 Å². The van der Waals surface area contributed by atoms with Crippen LogP contribution in [-0.2, 0) is 10.0 Å². The minimum absolute atomic E-state index is 0.000632. The van der Waals surface area contributed by atoms with E-state index < -0.39 is 33.6 Å². The molecule has 11 heteroatoms. The molecule has 1 aliphatic heterocycles. The second-order valence-electron chi connectivity index (χ2n) is 7.12. The first-order valence-electron chi connectivity index (χ1n) is 9.44. The van der Waals surface area contributed by atoms with Crippen molar-refractivity contribution in [3.63, 3.8) is 0 Å². The van der Waals surface area contributed by atoms with Gasteiger partial charge >= 0.3 is 0 Å². The van der Waals surface area contributed by atoms with E-state index in [2.05, 4.69) is 15.5 Å². The van der Waals surface area contributed by atoms with Crippen molar-refractivity contribution in [2.75, 3.05) is 11.9 Å². The van der Waals surface area contributed by atoms with Crippen molar-refractivity contribution in [3.05, 3.63) is 69.7 Å². The molecule has 7 nitrogen and oxygen atoms in total. The number of nitrogens with zero attached hydrogens (tertiary/aromatic N) is 3. The topological polar surface area (TPSA) is 92.3 Å². The number of aromatic nitrogens is 2. The zero-order valence-corrected chi connectivity index (χ0v) is 18.0. The Kier molecular flexibility index (Phi) is 5.82. The van der Waals surface area contributed by atoms with Gasteiger partial charge in [0, 0.05) is 18.3 Å². The van der Waals surface area contributed by atoms with Crippen LogP contribution in [0.1, 0.15) is 39.3 Å². The van der Waals surface area contributed by atoms with Gasteiger partial charge in [-0.2, -0.15) is 4.31 Å². The van der Waals surface area contributed by atoms with E-state index in [1.54, 1.807) is 24.3 Å². The Bertz CT molecular complexity index is 1230. The SMILES string of the molecule is Cc1ccc(S(=O)(=O)N2CCCC2c2nnc(C(=O)Nc3ccc(F)c(F)c3)s2)cc1. The first-order valence-corrected chi connectivity index (χ1v) is 11.7. The fourth-order valence-corrected chi connectivity index (χ4v) is 5.95. The molecule has 0 bridgehead atoms. The van der Waals surface area contributed by atoms with Gasteiger partial charge in [0.15, 0.2) is 11.6 Å². The molecular weight excluding hydrogens is 446 g/mol. The molecule has 31 heavy (non-hydrogen) atoms. The lowest BCUT2D eigenvalue weighted by Gasteiger charge is -2.22. The number of halogens is 2. The molecule has 1 fully saturated rings. The van der Waals surface area contributed by atoms with Gasteiger partial charge in [-0.05, 0) is 44.0 Å². The van der Waals surface area contributed by atoms with E-state index in [9.17, 15) is 22.0 Å². The Hall–Kier alpha value is -2.76. The number of hydrogen-bond donors (Lipinski definition) is 1. The van der Waals surface area contributed by atoms with E-state index in [-0.39, 0.29) is 15.6 Å². The highest BCUT2D eigenvalue weighted by Gasteiger charge is 2.38. The summed E-state index contributed by atoms with van der Waals surface area (Å²) in [5.74, 6) is -2.74. The third-order valence-corrected chi connectivity index (χ3v) is 7.87. The number of rotatable bonds is 5. The number of benzene rings is 2. The number of nitrogens with one attached hydrogen (secondary N) is 1. The van der Waals surface area contributed by atoms with Crippen LogP contribution in [0.4, 0.5) is 14.5 Å². The second-order valence-corrected chi connectivity index (χ2v) is 10.0. The van der Waals surface area contributed by atoms with Gasteiger partial charge in [0.05, 0.1) is 10.9 Å². The molecule has 1 saturated heterocycles. The molecule has 162 valence electrons. The molecule has 1 unspecified atom stereocenters. The van der Waals surface area contributed by atoms with Gasteiger partial charge in [-0.15, -0.1) is 10.2 Å². The quantitative estimate of drug-likeness (QED) is 0.618. The van der Waals surface area contributed by atoms with Gasteiger partial charge in [0.1, 0.15) is 5.01 Å². The lowest BCUT2D eigenvalue weighted by atomic mass is 10.2. The molecule has 4 rings (SSSR count). The summed E-state index contributed by atoms with van der Waals surface area (Å²) in [6.07, 6.45) is 1.22. The van der Waals surface area contributed by atoms with Crippen LogP contribution in [-0.4, -0.2) is 35.4 Å². The highest BCUT2D eigenvalue weighted by Crippen LogP contribution is 2.37. The highest BCUT2D eigenvalue weighted by molar-refractivity contribution is 7.89. The fraction of sp³-hybridized carbons (Fsp3) is 0.250. The van der Waals surface area contributed by atoms with Gasteiger partial charge in [-0.1, -0.05) is 29.0 Å².